The lowest BCUT2D eigenvalue weighted by atomic mass is 10.1. The van der Waals surface area contributed by atoms with Gasteiger partial charge in [-0.1, -0.05) is 12.8 Å². The molecule has 0 aromatic heterocycles. The average Bonchev–Trinajstić information content (AvgIpc) is 2.95. The van der Waals surface area contributed by atoms with Gasteiger partial charge < -0.3 is 4.74 Å². The molecule has 0 N–H and O–H groups in total. The summed E-state index contributed by atoms with van der Waals surface area (Å²) in [4.78, 5) is 11.6. The van der Waals surface area contributed by atoms with Gasteiger partial charge >= 0.3 is 5.97 Å². The largest absolute Gasteiger partial charge is 0.468 e. The lowest BCUT2D eigenvalue weighted by Crippen LogP contribution is -2.36. The van der Waals surface area contributed by atoms with Crippen LogP contribution in [0.4, 0.5) is 0 Å². The van der Waals surface area contributed by atoms with Crippen molar-refractivity contribution in [3.8, 4) is 0 Å². The SMILES string of the molecule is COC(=O)C(C1CC1)S(=O)(=O)CC1CCCC1. The van der Waals surface area contributed by atoms with E-state index in [2.05, 4.69) is 4.74 Å². The number of ether oxygens (including phenoxy) is 1. The predicted molar refractivity (Wildman–Crippen MR) is 64.3 cm³/mol. The van der Waals surface area contributed by atoms with Crippen molar-refractivity contribution in [2.45, 2.75) is 43.8 Å². The molecule has 2 aliphatic rings. The molecule has 0 aliphatic heterocycles. The van der Waals surface area contributed by atoms with E-state index in [1.54, 1.807) is 0 Å². The van der Waals surface area contributed by atoms with Crippen molar-refractivity contribution >= 4 is 15.8 Å². The molecule has 1 atom stereocenters. The first-order valence-electron chi connectivity index (χ1n) is 6.34. The highest BCUT2D eigenvalue weighted by Gasteiger charge is 2.46. The Bertz CT molecular complexity index is 377. The minimum absolute atomic E-state index is 0.00820. The van der Waals surface area contributed by atoms with Crippen LogP contribution in [0.1, 0.15) is 38.5 Å². The van der Waals surface area contributed by atoms with E-state index in [9.17, 15) is 13.2 Å². The summed E-state index contributed by atoms with van der Waals surface area (Å²) in [7, 11) is -2.06. The molecule has 0 heterocycles. The summed E-state index contributed by atoms with van der Waals surface area (Å²) in [5, 5.41) is -0.895. The molecule has 98 valence electrons. The fourth-order valence-corrected chi connectivity index (χ4v) is 5.20. The van der Waals surface area contributed by atoms with Gasteiger partial charge in [0.15, 0.2) is 15.1 Å². The van der Waals surface area contributed by atoms with Crippen LogP contribution in [-0.4, -0.2) is 32.5 Å². The summed E-state index contributed by atoms with van der Waals surface area (Å²) in [6, 6.07) is 0. The molecule has 0 spiro atoms. The Kier molecular flexibility index (Phi) is 3.76. The summed E-state index contributed by atoms with van der Waals surface area (Å²) in [6.45, 7) is 0. The third-order valence-corrected chi connectivity index (χ3v) is 6.10. The van der Waals surface area contributed by atoms with E-state index in [1.165, 1.54) is 7.11 Å². The summed E-state index contributed by atoms with van der Waals surface area (Å²) in [6.07, 6.45) is 5.88. The molecule has 2 aliphatic carbocycles. The highest BCUT2D eigenvalue weighted by molar-refractivity contribution is 7.92. The number of carbonyl (C=O) groups is 1. The van der Waals surface area contributed by atoms with Crippen molar-refractivity contribution in [3.05, 3.63) is 0 Å². The number of sulfone groups is 1. The zero-order valence-corrected chi connectivity index (χ0v) is 11.0. The minimum Gasteiger partial charge on any atom is -0.468 e. The quantitative estimate of drug-likeness (QED) is 0.704. The van der Waals surface area contributed by atoms with Gasteiger partial charge in [-0.15, -0.1) is 0 Å². The van der Waals surface area contributed by atoms with Crippen LogP contribution >= 0.6 is 0 Å². The molecule has 5 heteroatoms. The van der Waals surface area contributed by atoms with E-state index in [-0.39, 0.29) is 17.6 Å². The lowest BCUT2D eigenvalue weighted by molar-refractivity contribution is -0.140. The third kappa shape index (κ3) is 3.00. The molecule has 0 saturated heterocycles. The average molecular weight is 260 g/mol. The van der Waals surface area contributed by atoms with Crippen LogP contribution in [0.5, 0.6) is 0 Å². The molecule has 4 nitrogen and oxygen atoms in total. The maximum absolute atomic E-state index is 12.3. The number of esters is 1. The molecule has 0 radical (unpaired) electrons. The first kappa shape index (κ1) is 12.9. The van der Waals surface area contributed by atoms with Crippen LogP contribution in [0.15, 0.2) is 0 Å². The van der Waals surface area contributed by atoms with Gasteiger partial charge in [-0.2, -0.15) is 0 Å². The lowest BCUT2D eigenvalue weighted by Gasteiger charge is -2.17. The first-order valence-corrected chi connectivity index (χ1v) is 8.05. The van der Waals surface area contributed by atoms with E-state index in [4.69, 9.17) is 0 Å². The summed E-state index contributed by atoms with van der Waals surface area (Å²) in [5.41, 5.74) is 0. The fraction of sp³-hybridized carbons (Fsp3) is 0.917. The smallest absolute Gasteiger partial charge is 0.324 e. The summed E-state index contributed by atoms with van der Waals surface area (Å²) in [5.74, 6) is -0.131. The molecular formula is C12H20O4S. The molecule has 2 fully saturated rings. The fourth-order valence-electron chi connectivity index (χ4n) is 2.76. The van der Waals surface area contributed by atoms with E-state index in [0.717, 1.165) is 38.5 Å². The van der Waals surface area contributed by atoms with Crippen molar-refractivity contribution in [1.82, 2.24) is 0 Å². The van der Waals surface area contributed by atoms with Gasteiger partial charge in [0.1, 0.15) is 0 Å². The molecule has 2 saturated carbocycles. The second-order valence-electron chi connectivity index (χ2n) is 5.26. The Morgan fingerprint density at radius 3 is 2.29 bits per heavy atom. The molecule has 2 rings (SSSR count). The predicted octanol–water partition coefficient (Wildman–Crippen LogP) is 1.54. The van der Waals surface area contributed by atoms with Gasteiger partial charge in [0.2, 0.25) is 0 Å². The third-order valence-electron chi connectivity index (χ3n) is 3.81. The zero-order chi connectivity index (χ0) is 12.5. The van der Waals surface area contributed by atoms with Crippen LogP contribution in [0, 0.1) is 11.8 Å². The molecule has 17 heavy (non-hydrogen) atoms. The number of rotatable bonds is 5. The molecular weight excluding hydrogens is 240 g/mol. The Balaban J connectivity index is 2.07. The van der Waals surface area contributed by atoms with Crippen LogP contribution in [0.25, 0.3) is 0 Å². The number of carbonyl (C=O) groups excluding carboxylic acids is 1. The Hall–Kier alpha value is -0.580. The molecule has 0 bridgehead atoms. The van der Waals surface area contributed by atoms with E-state index in [0.29, 0.717) is 0 Å². The topological polar surface area (TPSA) is 60.4 Å². The monoisotopic (exact) mass is 260 g/mol. The molecule has 0 aromatic rings. The molecule has 0 amide bonds. The highest BCUT2D eigenvalue weighted by atomic mass is 32.2. The Morgan fingerprint density at radius 2 is 1.82 bits per heavy atom. The normalized spacial score (nSPS) is 23.6. The van der Waals surface area contributed by atoms with E-state index >= 15 is 0 Å². The second-order valence-corrected chi connectivity index (χ2v) is 7.43. The first-order chi connectivity index (χ1) is 8.04. The number of hydrogen-bond donors (Lipinski definition) is 0. The zero-order valence-electron chi connectivity index (χ0n) is 10.2. The highest BCUT2D eigenvalue weighted by Crippen LogP contribution is 2.38. The molecule has 1 unspecified atom stereocenters. The van der Waals surface area contributed by atoms with Crippen LogP contribution in [-0.2, 0) is 19.4 Å². The maximum Gasteiger partial charge on any atom is 0.324 e. The Labute approximate surface area is 103 Å². The van der Waals surface area contributed by atoms with Crippen LogP contribution in [0.2, 0.25) is 0 Å². The summed E-state index contributed by atoms with van der Waals surface area (Å²) < 4.78 is 29.2. The number of hydrogen-bond acceptors (Lipinski definition) is 4. The van der Waals surface area contributed by atoms with Crippen molar-refractivity contribution in [2.75, 3.05) is 12.9 Å². The van der Waals surface area contributed by atoms with Gasteiger partial charge in [0, 0.05) is 0 Å². The van der Waals surface area contributed by atoms with E-state index < -0.39 is 21.1 Å². The van der Waals surface area contributed by atoms with Crippen LogP contribution in [0.3, 0.4) is 0 Å². The van der Waals surface area contributed by atoms with Crippen molar-refractivity contribution < 1.29 is 17.9 Å². The minimum atomic E-state index is -3.33. The van der Waals surface area contributed by atoms with Crippen molar-refractivity contribution in [3.63, 3.8) is 0 Å². The van der Waals surface area contributed by atoms with Gasteiger partial charge in [-0.3, -0.25) is 4.79 Å². The van der Waals surface area contributed by atoms with Crippen molar-refractivity contribution in [1.29, 1.82) is 0 Å². The van der Waals surface area contributed by atoms with Crippen LogP contribution < -0.4 is 0 Å². The molecule has 0 aromatic carbocycles. The second kappa shape index (κ2) is 4.96. The Morgan fingerprint density at radius 1 is 1.24 bits per heavy atom. The van der Waals surface area contributed by atoms with Gasteiger partial charge in [-0.05, 0) is 37.5 Å². The van der Waals surface area contributed by atoms with Gasteiger partial charge in [0.25, 0.3) is 0 Å². The standard InChI is InChI=1S/C12H20O4S/c1-16-12(13)11(10-6-7-10)17(14,15)8-9-4-2-3-5-9/h9-11H,2-8H2,1H3. The van der Waals surface area contributed by atoms with E-state index in [1.807, 2.05) is 0 Å². The summed E-state index contributed by atoms with van der Waals surface area (Å²) >= 11 is 0. The maximum atomic E-state index is 12.3. The van der Waals surface area contributed by atoms with Gasteiger partial charge in [-0.25, -0.2) is 8.42 Å². The van der Waals surface area contributed by atoms with Gasteiger partial charge in [0.05, 0.1) is 12.9 Å². The number of methoxy groups -OCH3 is 1. The van der Waals surface area contributed by atoms with Crippen molar-refractivity contribution in [2.24, 2.45) is 11.8 Å².